The van der Waals surface area contributed by atoms with Gasteiger partial charge < -0.3 is 10.0 Å². The molecule has 1 aromatic rings. The van der Waals surface area contributed by atoms with Gasteiger partial charge in [-0.2, -0.15) is 0 Å². The number of likely N-dealkylation sites (N-methyl/N-ethyl adjacent to an activating group) is 1. The molecular formula is C15H21NO2. The topological polar surface area (TPSA) is 40.5 Å². The number of carboxylic acid groups (broad SMARTS) is 1. The first-order valence-corrected chi connectivity index (χ1v) is 6.49. The van der Waals surface area contributed by atoms with E-state index in [-0.39, 0.29) is 0 Å². The number of hydrogen-bond acceptors (Lipinski definition) is 2. The standard InChI is InChI=1S/C15H21NO2/c1-12-4-3-5-13(10-12)6-9-16(2)11-15(7-8-15)14(17)18/h3-5,10H,6-9,11H2,1-2H3,(H,17,18). The molecule has 1 saturated carbocycles. The molecule has 1 aliphatic carbocycles. The maximum Gasteiger partial charge on any atom is 0.310 e. The van der Waals surface area contributed by atoms with Gasteiger partial charge in [-0.15, -0.1) is 0 Å². The molecule has 0 spiro atoms. The Morgan fingerprint density at radius 1 is 1.44 bits per heavy atom. The smallest absolute Gasteiger partial charge is 0.310 e. The van der Waals surface area contributed by atoms with E-state index in [9.17, 15) is 4.79 Å². The Morgan fingerprint density at radius 3 is 2.72 bits per heavy atom. The van der Waals surface area contributed by atoms with Crippen LogP contribution < -0.4 is 0 Å². The molecule has 98 valence electrons. The SMILES string of the molecule is Cc1cccc(CCN(C)CC2(C(=O)O)CC2)c1. The van der Waals surface area contributed by atoms with Gasteiger partial charge in [-0.25, -0.2) is 0 Å². The first kappa shape index (κ1) is 13.1. The third kappa shape index (κ3) is 3.10. The first-order valence-electron chi connectivity index (χ1n) is 6.49. The number of rotatable bonds is 6. The summed E-state index contributed by atoms with van der Waals surface area (Å²) >= 11 is 0. The van der Waals surface area contributed by atoms with E-state index in [0.29, 0.717) is 6.54 Å². The second kappa shape index (κ2) is 5.11. The lowest BCUT2D eigenvalue weighted by Gasteiger charge is -2.20. The number of hydrogen-bond donors (Lipinski definition) is 1. The predicted octanol–water partition coefficient (Wildman–Crippen LogP) is 2.33. The summed E-state index contributed by atoms with van der Waals surface area (Å²) in [6.07, 6.45) is 2.64. The summed E-state index contributed by atoms with van der Waals surface area (Å²) in [6, 6.07) is 8.49. The highest BCUT2D eigenvalue weighted by Gasteiger charge is 2.50. The van der Waals surface area contributed by atoms with Crippen LogP contribution >= 0.6 is 0 Å². The average Bonchev–Trinajstić information content (AvgIpc) is 3.08. The lowest BCUT2D eigenvalue weighted by Crippen LogP contribution is -2.33. The molecule has 0 unspecified atom stereocenters. The molecule has 18 heavy (non-hydrogen) atoms. The molecule has 1 aliphatic rings. The Kier molecular flexibility index (Phi) is 3.71. The Morgan fingerprint density at radius 2 is 2.17 bits per heavy atom. The highest BCUT2D eigenvalue weighted by atomic mass is 16.4. The molecule has 0 bridgehead atoms. The van der Waals surface area contributed by atoms with Crippen molar-refractivity contribution in [1.29, 1.82) is 0 Å². The molecule has 0 heterocycles. The molecule has 0 aromatic heterocycles. The van der Waals surface area contributed by atoms with Crippen LogP contribution in [0.15, 0.2) is 24.3 Å². The van der Waals surface area contributed by atoms with Crippen LogP contribution in [-0.4, -0.2) is 36.1 Å². The van der Waals surface area contributed by atoms with Crippen LogP contribution in [0.25, 0.3) is 0 Å². The van der Waals surface area contributed by atoms with Gasteiger partial charge in [-0.1, -0.05) is 29.8 Å². The summed E-state index contributed by atoms with van der Waals surface area (Å²) in [4.78, 5) is 13.3. The summed E-state index contributed by atoms with van der Waals surface area (Å²) in [5, 5.41) is 9.15. The van der Waals surface area contributed by atoms with E-state index >= 15 is 0 Å². The number of aryl methyl sites for hydroxylation is 1. The second-order valence-electron chi connectivity index (χ2n) is 5.56. The summed E-state index contributed by atoms with van der Waals surface area (Å²) < 4.78 is 0. The molecule has 1 fully saturated rings. The zero-order chi connectivity index (χ0) is 13.2. The number of nitrogens with zero attached hydrogens (tertiary/aromatic N) is 1. The zero-order valence-corrected chi connectivity index (χ0v) is 11.1. The molecule has 0 amide bonds. The van der Waals surface area contributed by atoms with Crippen molar-refractivity contribution in [2.75, 3.05) is 20.1 Å². The van der Waals surface area contributed by atoms with Crippen LogP contribution in [0.1, 0.15) is 24.0 Å². The first-order chi connectivity index (χ1) is 8.52. The molecule has 1 aromatic carbocycles. The summed E-state index contributed by atoms with van der Waals surface area (Å²) in [7, 11) is 2.01. The van der Waals surface area contributed by atoms with Gasteiger partial charge in [-0.3, -0.25) is 4.79 Å². The van der Waals surface area contributed by atoms with Gasteiger partial charge in [0.2, 0.25) is 0 Å². The molecule has 0 aliphatic heterocycles. The fourth-order valence-electron chi connectivity index (χ4n) is 2.37. The minimum Gasteiger partial charge on any atom is -0.481 e. The van der Waals surface area contributed by atoms with Crippen molar-refractivity contribution < 1.29 is 9.90 Å². The van der Waals surface area contributed by atoms with Gasteiger partial charge >= 0.3 is 5.97 Å². The van der Waals surface area contributed by atoms with Crippen LogP contribution in [0.5, 0.6) is 0 Å². The van der Waals surface area contributed by atoms with Gasteiger partial charge in [0.1, 0.15) is 0 Å². The molecule has 0 radical (unpaired) electrons. The van der Waals surface area contributed by atoms with Crippen LogP contribution in [0.3, 0.4) is 0 Å². The Balaban J connectivity index is 1.82. The maximum absolute atomic E-state index is 11.1. The van der Waals surface area contributed by atoms with Crippen LogP contribution in [0.4, 0.5) is 0 Å². The molecule has 0 atom stereocenters. The van der Waals surface area contributed by atoms with Crippen molar-refractivity contribution in [2.45, 2.75) is 26.2 Å². The molecule has 1 N–H and O–H groups in total. The highest BCUT2D eigenvalue weighted by Crippen LogP contribution is 2.46. The second-order valence-corrected chi connectivity index (χ2v) is 5.56. The van der Waals surface area contributed by atoms with Crippen molar-refractivity contribution in [3.8, 4) is 0 Å². The number of carboxylic acids is 1. The van der Waals surface area contributed by atoms with E-state index in [1.165, 1.54) is 11.1 Å². The quantitative estimate of drug-likeness (QED) is 0.838. The molecule has 3 nitrogen and oxygen atoms in total. The molecule has 3 heteroatoms. The highest BCUT2D eigenvalue weighted by molar-refractivity contribution is 5.78. The lowest BCUT2D eigenvalue weighted by atomic mass is 10.1. The third-order valence-corrected chi connectivity index (χ3v) is 3.74. The van der Waals surface area contributed by atoms with Crippen molar-refractivity contribution in [3.63, 3.8) is 0 Å². The number of aliphatic carboxylic acids is 1. The van der Waals surface area contributed by atoms with Crippen molar-refractivity contribution in [1.82, 2.24) is 4.90 Å². The molecule has 2 rings (SSSR count). The minimum atomic E-state index is -0.634. The van der Waals surface area contributed by atoms with Gasteiger partial charge in [-0.05, 0) is 38.8 Å². The van der Waals surface area contributed by atoms with E-state index < -0.39 is 11.4 Å². The van der Waals surface area contributed by atoms with E-state index in [4.69, 9.17) is 5.11 Å². The van der Waals surface area contributed by atoms with E-state index in [1.54, 1.807) is 0 Å². The summed E-state index contributed by atoms with van der Waals surface area (Å²) in [5.41, 5.74) is 2.16. The van der Waals surface area contributed by atoms with E-state index in [1.807, 2.05) is 7.05 Å². The summed E-state index contributed by atoms with van der Waals surface area (Å²) in [5.74, 6) is -0.634. The van der Waals surface area contributed by atoms with Gasteiger partial charge in [0.25, 0.3) is 0 Å². The van der Waals surface area contributed by atoms with Crippen molar-refractivity contribution >= 4 is 5.97 Å². The van der Waals surface area contributed by atoms with Gasteiger partial charge in [0, 0.05) is 13.1 Å². The number of carbonyl (C=O) groups is 1. The van der Waals surface area contributed by atoms with Crippen molar-refractivity contribution in [2.24, 2.45) is 5.41 Å². The third-order valence-electron chi connectivity index (χ3n) is 3.74. The molecule has 0 saturated heterocycles. The Hall–Kier alpha value is -1.35. The van der Waals surface area contributed by atoms with Crippen LogP contribution in [-0.2, 0) is 11.2 Å². The lowest BCUT2D eigenvalue weighted by molar-refractivity contribution is -0.144. The fraction of sp³-hybridized carbons (Fsp3) is 0.533. The zero-order valence-electron chi connectivity index (χ0n) is 11.1. The fourth-order valence-corrected chi connectivity index (χ4v) is 2.37. The van der Waals surface area contributed by atoms with E-state index in [2.05, 4.69) is 36.1 Å². The predicted molar refractivity (Wildman–Crippen MR) is 71.7 cm³/mol. The van der Waals surface area contributed by atoms with Gasteiger partial charge in [0.15, 0.2) is 0 Å². The molecular weight excluding hydrogens is 226 g/mol. The van der Waals surface area contributed by atoms with Crippen LogP contribution in [0, 0.1) is 12.3 Å². The van der Waals surface area contributed by atoms with E-state index in [0.717, 1.165) is 25.8 Å². The average molecular weight is 247 g/mol. The minimum absolute atomic E-state index is 0.443. The maximum atomic E-state index is 11.1. The van der Waals surface area contributed by atoms with Crippen LogP contribution in [0.2, 0.25) is 0 Å². The largest absolute Gasteiger partial charge is 0.481 e. The van der Waals surface area contributed by atoms with Crippen molar-refractivity contribution in [3.05, 3.63) is 35.4 Å². The van der Waals surface area contributed by atoms with Gasteiger partial charge in [0.05, 0.1) is 5.41 Å². The normalized spacial score (nSPS) is 16.8. The number of benzene rings is 1. The Labute approximate surface area is 108 Å². The Bertz CT molecular complexity index is 438. The summed E-state index contributed by atoms with van der Waals surface area (Å²) in [6.45, 7) is 3.68. The monoisotopic (exact) mass is 247 g/mol.